The van der Waals surface area contributed by atoms with Crippen molar-refractivity contribution in [1.82, 2.24) is 0 Å². The molecule has 0 unspecified atom stereocenters. The maximum atomic E-state index is 6.47. The van der Waals surface area contributed by atoms with Crippen molar-refractivity contribution in [2.75, 3.05) is 6.54 Å². The van der Waals surface area contributed by atoms with Gasteiger partial charge in [0.15, 0.2) is 0 Å². The van der Waals surface area contributed by atoms with E-state index >= 15 is 0 Å². The molecule has 5 aliphatic rings. The Balaban J connectivity index is 0.00000110. The van der Waals surface area contributed by atoms with Crippen LogP contribution < -0.4 is 17.7 Å². The van der Waals surface area contributed by atoms with E-state index in [9.17, 15) is 0 Å². The summed E-state index contributed by atoms with van der Waals surface area (Å²) in [6, 6.07) is 0. The minimum absolute atomic E-state index is 0. The SMILES string of the molecule is CC1(C)[C@H]2C[C@H]1[C@]1(C)OB([C@H]3CCC[NH2+]3)O[C@@H]1C2.[Cl-]. The molecule has 19 heavy (non-hydrogen) atoms. The first kappa shape index (κ1) is 14.2. The minimum Gasteiger partial charge on any atom is -1.00 e. The molecule has 2 bridgehead atoms. The van der Waals surface area contributed by atoms with Crippen LogP contribution in [0, 0.1) is 17.3 Å². The van der Waals surface area contributed by atoms with Crippen LogP contribution in [0.15, 0.2) is 0 Å². The first-order chi connectivity index (χ1) is 8.52. The van der Waals surface area contributed by atoms with Gasteiger partial charge in [0.05, 0.1) is 18.2 Å². The van der Waals surface area contributed by atoms with Crippen LogP contribution in [-0.4, -0.2) is 31.3 Å². The first-order valence-electron chi connectivity index (χ1n) is 7.68. The fraction of sp³-hybridized carbons (Fsp3) is 1.00. The molecule has 5 atom stereocenters. The Kier molecular flexibility index (Phi) is 3.26. The number of halogens is 1. The summed E-state index contributed by atoms with van der Waals surface area (Å²) in [5, 5.41) is 2.42. The molecular formula is C14H25BClNO2. The lowest BCUT2D eigenvalue weighted by Gasteiger charge is -2.64. The van der Waals surface area contributed by atoms with Crippen molar-refractivity contribution in [2.24, 2.45) is 17.3 Å². The lowest BCUT2D eigenvalue weighted by atomic mass is 9.43. The highest BCUT2D eigenvalue weighted by Crippen LogP contribution is 2.65. The van der Waals surface area contributed by atoms with E-state index in [-0.39, 0.29) is 25.1 Å². The molecule has 0 radical (unpaired) electrons. The van der Waals surface area contributed by atoms with Crippen molar-refractivity contribution in [3.05, 3.63) is 0 Å². The van der Waals surface area contributed by atoms with Crippen molar-refractivity contribution < 1.29 is 27.0 Å². The fourth-order valence-corrected chi connectivity index (χ4v) is 5.13. The normalized spacial score (nSPS) is 50.4. The van der Waals surface area contributed by atoms with Crippen LogP contribution in [0.3, 0.4) is 0 Å². The Morgan fingerprint density at radius 1 is 1.21 bits per heavy atom. The molecule has 2 N–H and O–H groups in total. The van der Waals surface area contributed by atoms with Gasteiger partial charge in [-0.1, -0.05) is 13.8 Å². The zero-order valence-corrected chi connectivity index (χ0v) is 13.0. The van der Waals surface area contributed by atoms with Crippen molar-refractivity contribution in [3.8, 4) is 0 Å². The Hall–Kier alpha value is 0.235. The molecule has 3 saturated carbocycles. The molecular weight excluding hydrogens is 260 g/mol. The van der Waals surface area contributed by atoms with E-state index in [4.69, 9.17) is 9.31 Å². The summed E-state index contributed by atoms with van der Waals surface area (Å²) in [5.74, 6) is 2.10. The smallest absolute Gasteiger partial charge is 0.521 e. The van der Waals surface area contributed by atoms with Gasteiger partial charge in [-0.25, -0.2) is 0 Å². The number of hydrogen-bond acceptors (Lipinski definition) is 2. The maximum Gasteiger partial charge on any atom is 0.521 e. The maximum absolute atomic E-state index is 6.47. The van der Waals surface area contributed by atoms with Crippen LogP contribution in [0.4, 0.5) is 0 Å². The largest absolute Gasteiger partial charge is 1.00 e. The van der Waals surface area contributed by atoms with Gasteiger partial charge < -0.3 is 27.0 Å². The molecule has 0 aromatic rings. The van der Waals surface area contributed by atoms with E-state index < -0.39 is 0 Å². The zero-order chi connectivity index (χ0) is 12.5. The van der Waals surface area contributed by atoms with Crippen LogP contribution >= 0.6 is 0 Å². The van der Waals surface area contributed by atoms with Crippen molar-refractivity contribution in [2.45, 2.75) is 64.1 Å². The molecule has 2 aliphatic heterocycles. The number of rotatable bonds is 1. The van der Waals surface area contributed by atoms with Gasteiger partial charge in [-0.2, -0.15) is 0 Å². The van der Waals surface area contributed by atoms with Gasteiger partial charge in [-0.15, -0.1) is 0 Å². The molecule has 3 aliphatic carbocycles. The van der Waals surface area contributed by atoms with Gasteiger partial charge >= 0.3 is 7.12 Å². The monoisotopic (exact) mass is 285 g/mol. The lowest BCUT2D eigenvalue weighted by Crippen LogP contribution is -3.00. The summed E-state index contributed by atoms with van der Waals surface area (Å²) in [4.78, 5) is 0. The average molecular weight is 286 g/mol. The zero-order valence-electron chi connectivity index (χ0n) is 12.2. The summed E-state index contributed by atoms with van der Waals surface area (Å²) >= 11 is 0. The van der Waals surface area contributed by atoms with E-state index in [2.05, 4.69) is 26.1 Å². The van der Waals surface area contributed by atoms with Crippen molar-refractivity contribution in [3.63, 3.8) is 0 Å². The second-order valence-corrected chi connectivity index (χ2v) is 7.67. The number of hydrogen-bond donors (Lipinski definition) is 1. The predicted octanol–water partition coefficient (Wildman–Crippen LogP) is -2.02. The average Bonchev–Trinajstić information content (AvgIpc) is 2.92. The van der Waals surface area contributed by atoms with E-state index in [1.54, 1.807) is 0 Å². The second-order valence-electron chi connectivity index (χ2n) is 7.67. The Labute approximate surface area is 122 Å². The van der Waals surface area contributed by atoms with Crippen LogP contribution in [0.2, 0.25) is 0 Å². The molecule has 3 nitrogen and oxygen atoms in total. The van der Waals surface area contributed by atoms with Crippen LogP contribution in [0.1, 0.15) is 46.5 Å². The minimum atomic E-state index is -0.0145. The third kappa shape index (κ3) is 1.76. The lowest BCUT2D eigenvalue weighted by molar-refractivity contribution is -0.655. The topological polar surface area (TPSA) is 35.1 Å². The third-order valence-corrected chi connectivity index (χ3v) is 6.53. The highest BCUT2D eigenvalue weighted by atomic mass is 35.5. The molecule has 0 spiro atoms. The highest BCUT2D eigenvalue weighted by molar-refractivity contribution is 6.46. The van der Waals surface area contributed by atoms with Gasteiger partial charge in [-0.05, 0) is 37.0 Å². The van der Waals surface area contributed by atoms with Crippen molar-refractivity contribution >= 4 is 7.12 Å². The van der Waals surface area contributed by atoms with Crippen molar-refractivity contribution in [1.29, 1.82) is 0 Å². The number of quaternary nitrogens is 1. The molecule has 2 heterocycles. The predicted molar refractivity (Wildman–Crippen MR) is 69.9 cm³/mol. The summed E-state index contributed by atoms with van der Waals surface area (Å²) in [5.41, 5.74) is 0.447. The molecule has 0 amide bonds. The van der Waals surface area contributed by atoms with E-state index in [1.807, 2.05) is 0 Å². The van der Waals surface area contributed by atoms with E-state index in [0.29, 0.717) is 23.4 Å². The standard InChI is InChI=1S/C14H24BNO2.ClH/c1-13(2)9-7-10(13)14(3)11(8-9)17-15(18-14)12-5-4-6-16-12;/h9-12,16H,4-8H2,1-3H3;1H/t9-,10+,11+,12+,14-;/m0./s1. The highest BCUT2D eigenvalue weighted by Gasteiger charge is 2.69. The fourth-order valence-electron chi connectivity index (χ4n) is 5.13. The van der Waals surface area contributed by atoms with Crippen LogP contribution in [0.5, 0.6) is 0 Å². The molecule has 0 aromatic heterocycles. The Bertz CT molecular complexity index is 374. The molecule has 0 aromatic carbocycles. The summed E-state index contributed by atoms with van der Waals surface area (Å²) in [6.07, 6.45) is 5.49. The van der Waals surface area contributed by atoms with Gasteiger partial charge in [-0.3, -0.25) is 0 Å². The molecule has 5 heteroatoms. The van der Waals surface area contributed by atoms with Crippen LogP contribution in [0.25, 0.3) is 0 Å². The van der Waals surface area contributed by atoms with Gasteiger partial charge in [0, 0.05) is 12.8 Å². The molecule has 5 rings (SSSR count). The number of nitrogens with two attached hydrogens (primary N) is 1. The van der Waals surface area contributed by atoms with Gasteiger partial charge in [0.25, 0.3) is 0 Å². The first-order valence-corrected chi connectivity index (χ1v) is 7.68. The molecule has 108 valence electrons. The Morgan fingerprint density at radius 3 is 2.63 bits per heavy atom. The Morgan fingerprint density at radius 2 is 2.00 bits per heavy atom. The third-order valence-electron chi connectivity index (χ3n) is 6.53. The van der Waals surface area contributed by atoms with Gasteiger partial charge in [0.2, 0.25) is 0 Å². The van der Waals surface area contributed by atoms with Gasteiger partial charge in [0.1, 0.15) is 5.94 Å². The summed E-state index contributed by atoms with van der Waals surface area (Å²) in [7, 11) is 0.0534. The quantitative estimate of drug-likeness (QED) is 0.565. The van der Waals surface area contributed by atoms with E-state index in [1.165, 1.54) is 32.2 Å². The van der Waals surface area contributed by atoms with Crippen LogP contribution in [-0.2, 0) is 9.31 Å². The summed E-state index contributed by atoms with van der Waals surface area (Å²) in [6.45, 7) is 8.40. The molecule has 2 saturated heterocycles. The second kappa shape index (κ2) is 4.36. The molecule has 5 fully saturated rings. The van der Waals surface area contributed by atoms with E-state index in [0.717, 1.165) is 5.92 Å². The summed E-state index contributed by atoms with van der Waals surface area (Å²) < 4.78 is 12.8.